The van der Waals surface area contributed by atoms with E-state index in [1.165, 1.54) is 27.7 Å². The summed E-state index contributed by atoms with van der Waals surface area (Å²) in [7, 11) is 0. The minimum Gasteiger partial charge on any atom is -0.306 e. The first kappa shape index (κ1) is 61.7. The fraction of sp³-hybridized carbons (Fsp3) is 0.800. The highest BCUT2D eigenvalue weighted by Crippen LogP contribution is 2.72. The molecule has 2 aromatic heterocycles. The van der Waals surface area contributed by atoms with Gasteiger partial charge in [-0.25, -0.2) is 0 Å². The van der Waals surface area contributed by atoms with Crippen molar-refractivity contribution in [3.63, 3.8) is 0 Å². The number of quaternary nitrogens is 1. The Morgan fingerprint density at radius 1 is 0.352 bits per heavy atom. The van der Waals surface area contributed by atoms with Crippen molar-refractivity contribution in [3.05, 3.63) is 9.54 Å². The van der Waals surface area contributed by atoms with Gasteiger partial charge in [0.2, 0.25) is 0 Å². The van der Waals surface area contributed by atoms with Gasteiger partial charge in [0, 0.05) is 38.0 Å². The zero-order valence-electron chi connectivity index (χ0n) is 34.0. The molecule has 0 saturated heterocycles. The van der Waals surface area contributed by atoms with E-state index in [2.05, 4.69) is 0 Å². The molecule has 4 heterocycles. The Hall–Kier alpha value is -1.88. The van der Waals surface area contributed by atoms with Gasteiger partial charge in [0.1, 0.15) is 0 Å². The molecule has 0 aromatic carbocycles. The van der Waals surface area contributed by atoms with Gasteiger partial charge in [-0.1, -0.05) is 2.10 Å². The summed E-state index contributed by atoms with van der Waals surface area (Å²) in [5.41, 5.74) is 0. The molecule has 0 saturated carbocycles. The van der Waals surface area contributed by atoms with Crippen LogP contribution in [0.15, 0.2) is 20.1 Å². The van der Waals surface area contributed by atoms with Gasteiger partial charge in [0.15, 0.2) is 77.4 Å². The van der Waals surface area contributed by atoms with Crippen molar-refractivity contribution in [2.24, 2.45) is 0 Å². The van der Waals surface area contributed by atoms with Crippen LogP contribution in [0.4, 0.5) is 132 Å². The predicted octanol–water partition coefficient (Wildman–Crippen LogP) is 16.6. The van der Waals surface area contributed by atoms with E-state index in [1.54, 1.807) is 0 Å². The Bertz CT molecular complexity index is 2310. The molecule has 2 aliphatic heterocycles. The van der Waals surface area contributed by atoms with Crippen LogP contribution in [0.5, 0.6) is 0 Å². The highest BCUT2D eigenvalue weighted by molar-refractivity contribution is 8.31. The Balaban J connectivity index is 1.71. The number of halogens is 30. The molecule has 0 amide bonds. The molecule has 0 fully saturated rings. The lowest BCUT2D eigenvalue weighted by Gasteiger charge is -2.41. The maximum absolute atomic E-state index is 15.0. The van der Waals surface area contributed by atoms with Crippen LogP contribution in [0.3, 0.4) is 0 Å². The molecular weight excluding hydrogens is 1190 g/mol. The summed E-state index contributed by atoms with van der Waals surface area (Å²) >= 11 is 11.9. The van der Waals surface area contributed by atoms with Gasteiger partial charge in [-0.3, -0.25) is 0 Å². The summed E-state index contributed by atoms with van der Waals surface area (Å²) in [6.07, 6.45) is -21.5. The molecule has 0 N–H and O–H groups in total. The molecule has 2 aromatic rings. The number of rotatable bonds is 18. The maximum Gasteiger partial charge on any atom is 0.460 e. The average Bonchev–Trinajstić information content (AvgIpc) is 3.85. The standard InChI is InChI=1S/C30H22F30N5S6/c1-9(2)63-13-11(61(15(63)66)7-5-17(31,32)19(35,36)21(39,40)23(43,44)25(47,48)27(51,52)29(55,56)57)68-65(70-13)69-12-14(71-65)64(10(3)4)16(67)62(12)8-6-18(33,34)20(37,38)22(41,42)24(45,46)26(49,50)28(53,54)30(58,59)60/h9-10H,5-8H2,1-4H3/q+1. The van der Waals surface area contributed by atoms with Crippen LogP contribution in [0.2, 0.25) is 0 Å². The van der Waals surface area contributed by atoms with Crippen molar-refractivity contribution in [1.82, 2.24) is 18.3 Å². The van der Waals surface area contributed by atoms with Crippen molar-refractivity contribution in [2.45, 2.75) is 169 Å². The first-order valence-corrected chi connectivity index (χ1v) is 22.0. The first-order valence-electron chi connectivity index (χ1n) is 18.1. The number of hydrogen-bond acceptors (Lipinski definition) is 6. The summed E-state index contributed by atoms with van der Waals surface area (Å²) < 4.78 is 417. The second-order valence-corrected chi connectivity index (χ2v) is 22.1. The van der Waals surface area contributed by atoms with Crippen molar-refractivity contribution >= 4 is 72.2 Å². The quantitative estimate of drug-likeness (QED) is 0.0637. The number of hydrogen-bond donors (Lipinski definition) is 0. The Kier molecular flexibility index (Phi) is 15.3. The van der Waals surface area contributed by atoms with Crippen LogP contribution in [-0.4, -0.2) is 104 Å². The Morgan fingerprint density at radius 3 is 0.789 bits per heavy atom. The second-order valence-electron chi connectivity index (χ2n) is 15.5. The molecule has 412 valence electrons. The average molecular weight is 1210 g/mol. The first-order chi connectivity index (χ1) is 31.0. The molecule has 0 bridgehead atoms. The second kappa shape index (κ2) is 17.6. The van der Waals surface area contributed by atoms with E-state index in [0.29, 0.717) is 56.9 Å². The van der Waals surface area contributed by atoms with Crippen LogP contribution >= 0.6 is 72.2 Å². The third-order valence-corrected chi connectivity index (χ3v) is 17.0. The monoisotopic (exact) mass is 1210 g/mol. The number of imidazole rings is 2. The summed E-state index contributed by atoms with van der Waals surface area (Å²) in [6.45, 7) is 1.40. The van der Waals surface area contributed by atoms with E-state index >= 15 is 17.6 Å². The number of alkyl halides is 30. The molecular formula is C30H22F30N5S6+. The third kappa shape index (κ3) is 8.60. The molecule has 41 heteroatoms. The largest absolute Gasteiger partial charge is 0.460 e. The van der Waals surface area contributed by atoms with E-state index in [4.69, 9.17) is 24.4 Å². The van der Waals surface area contributed by atoms with E-state index in [0.717, 1.165) is 9.13 Å². The molecule has 1 spiro atoms. The molecule has 2 aliphatic rings. The smallest absolute Gasteiger partial charge is 0.306 e. The lowest BCUT2D eigenvalue weighted by molar-refractivity contribution is -0.452. The van der Waals surface area contributed by atoms with E-state index in [-0.39, 0.29) is 10.1 Å². The molecule has 5 nitrogen and oxygen atoms in total. The maximum atomic E-state index is 15.0. The number of nitrogens with zero attached hydrogens (tertiary/aromatic N) is 5. The third-order valence-electron chi connectivity index (χ3n) is 10.1. The van der Waals surface area contributed by atoms with Crippen LogP contribution in [0.25, 0.3) is 0 Å². The van der Waals surface area contributed by atoms with E-state index in [1.807, 2.05) is 0 Å². The van der Waals surface area contributed by atoms with Gasteiger partial charge in [-0.05, 0) is 52.1 Å². The zero-order chi connectivity index (χ0) is 56.1. The molecule has 71 heavy (non-hydrogen) atoms. The molecule has 0 aliphatic carbocycles. The lowest BCUT2D eigenvalue weighted by Crippen LogP contribution is -2.72. The SMILES string of the molecule is CC(C)n1c2c(n(CCC(F)(F)C(F)(F)C(F)(F)C(F)(F)C(F)(F)C(F)(F)C(F)(F)F)c1=S)S[N+]1(Sc3c(n(C(C)C)c(=S)n3CCC(F)(F)C(F)(F)C(F)(F)C(F)(F)C(F)(F)C(F)(F)C(F)(F)F)S1)S2. The summed E-state index contributed by atoms with van der Waals surface area (Å²) in [6, 6.07) is -1.93. The summed E-state index contributed by atoms with van der Waals surface area (Å²) in [5.74, 6) is -96.8. The highest BCUT2D eigenvalue weighted by atomic mass is 32.3. The molecule has 0 unspecified atom stereocenters. The lowest BCUT2D eigenvalue weighted by atomic mass is 9.90. The topological polar surface area (TPSA) is 19.7 Å². The summed E-state index contributed by atoms with van der Waals surface area (Å²) in [4.78, 5) is 0. The van der Waals surface area contributed by atoms with Gasteiger partial charge in [-0.2, -0.15) is 132 Å². The van der Waals surface area contributed by atoms with Gasteiger partial charge in [-0.15, -0.1) is 0 Å². The fourth-order valence-corrected chi connectivity index (χ4v) is 14.0. The van der Waals surface area contributed by atoms with Crippen molar-refractivity contribution in [3.8, 4) is 0 Å². The van der Waals surface area contributed by atoms with Gasteiger partial charge < -0.3 is 18.3 Å². The van der Waals surface area contributed by atoms with E-state index < -0.39 is 143 Å². The van der Waals surface area contributed by atoms with Crippen LogP contribution in [-0.2, 0) is 13.1 Å². The van der Waals surface area contributed by atoms with Gasteiger partial charge in [0.05, 0.1) is 0 Å². The normalized spacial score (nSPS) is 17.6. The number of aromatic nitrogens is 4. The Labute approximate surface area is 402 Å². The predicted molar refractivity (Wildman–Crippen MR) is 192 cm³/mol. The Morgan fingerprint density at radius 2 is 0.563 bits per heavy atom. The summed E-state index contributed by atoms with van der Waals surface area (Å²) in [5, 5.41) is -1.50. The van der Waals surface area contributed by atoms with Crippen molar-refractivity contribution in [1.29, 1.82) is 0 Å². The fourth-order valence-electron chi connectivity index (χ4n) is 6.04. The van der Waals surface area contributed by atoms with Crippen LogP contribution in [0, 0.1) is 9.54 Å². The van der Waals surface area contributed by atoms with Gasteiger partial charge in [0.25, 0.3) is 0 Å². The molecule has 0 radical (unpaired) electrons. The molecule has 0 atom stereocenters. The minimum atomic E-state index is -8.58. The number of fused-ring (bicyclic) bond motifs is 2. The van der Waals surface area contributed by atoms with Crippen molar-refractivity contribution in [2.75, 3.05) is 0 Å². The van der Waals surface area contributed by atoms with Crippen LogP contribution in [0.1, 0.15) is 52.6 Å². The zero-order valence-corrected chi connectivity index (χ0v) is 38.9. The molecule has 4 rings (SSSR count). The van der Waals surface area contributed by atoms with Gasteiger partial charge >= 0.3 is 83.4 Å². The van der Waals surface area contributed by atoms with E-state index in [9.17, 15) is 114 Å². The minimum absolute atomic E-state index is 0.246. The van der Waals surface area contributed by atoms with Crippen LogP contribution < -0.4 is 0 Å². The highest BCUT2D eigenvalue weighted by Gasteiger charge is 2.95. The van der Waals surface area contributed by atoms with Crippen molar-refractivity contribution < 1.29 is 134 Å².